The van der Waals surface area contributed by atoms with Gasteiger partial charge in [0.25, 0.3) is 0 Å². The molecule has 1 aromatic carbocycles. The molecule has 0 spiro atoms. The van der Waals surface area contributed by atoms with Crippen molar-refractivity contribution in [3.8, 4) is 0 Å². The van der Waals surface area contributed by atoms with Gasteiger partial charge in [-0.05, 0) is 29.8 Å². The van der Waals surface area contributed by atoms with Gasteiger partial charge in [0.15, 0.2) is 0 Å². The third-order valence-electron chi connectivity index (χ3n) is 2.73. The van der Waals surface area contributed by atoms with Gasteiger partial charge in [0.05, 0.1) is 5.66 Å². The topological polar surface area (TPSA) is 104 Å². The number of rotatable bonds is 1. The van der Waals surface area contributed by atoms with E-state index in [0.29, 0.717) is 5.70 Å². The number of hydrogen-bond acceptors (Lipinski definition) is 4. The molecule has 1 atom stereocenters. The summed E-state index contributed by atoms with van der Waals surface area (Å²) in [5, 5.41) is 0. The zero-order chi connectivity index (χ0) is 11.8. The van der Waals surface area contributed by atoms with Crippen LogP contribution in [0.3, 0.4) is 0 Å². The molecule has 2 rings (SSSR count). The van der Waals surface area contributed by atoms with Gasteiger partial charge < -0.3 is 22.9 Å². The summed E-state index contributed by atoms with van der Waals surface area (Å²) in [5.41, 5.74) is 24.7. The normalized spacial score (nSPS) is 22.9. The summed E-state index contributed by atoms with van der Waals surface area (Å²) < 4.78 is 0. The lowest BCUT2D eigenvalue weighted by Crippen LogP contribution is -2.53. The predicted molar refractivity (Wildman–Crippen MR) is 66.1 cm³/mol. The Hall–Kier alpha value is -1.78. The highest BCUT2D eigenvalue weighted by Gasteiger charge is 2.30. The molecule has 0 heterocycles. The molecule has 1 aliphatic carbocycles. The second-order valence-electron chi connectivity index (χ2n) is 4.15. The van der Waals surface area contributed by atoms with Gasteiger partial charge in [-0.2, -0.15) is 0 Å². The standard InChI is InChI=1S/C12H16N4/c13-9-3-1-8(2-4-9)11-6-5-10(14)7-12(11,15)16/h1-7,11H,13-16H2. The quantitative estimate of drug-likeness (QED) is 0.402. The summed E-state index contributed by atoms with van der Waals surface area (Å²) in [7, 11) is 0. The molecule has 4 nitrogen and oxygen atoms in total. The van der Waals surface area contributed by atoms with Crippen LogP contribution >= 0.6 is 0 Å². The van der Waals surface area contributed by atoms with E-state index in [-0.39, 0.29) is 5.92 Å². The zero-order valence-corrected chi connectivity index (χ0v) is 8.93. The summed E-state index contributed by atoms with van der Waals surface area (Å²) in [6.07, 6.45) is 5.41. The lowest BCUT2D eigenvalue weighted by molar-refractivity contribution is 0.488. The van der Waals surface area contributed by atoms with Crippen molar-refractivity contribution in [1.82, 2.24) is 0 Å². The van der Waals surface area contributed by atoms with Gasteiger partial charge in [-0.15, -0.1) is 0 Å². The number of hydrogen-bond donors (Lipinski definition) is 4. The molecule has 0 saturated heterocycles. The van der Waals surface area contributed by atoms with Crippen LogP contribution in [-0.4, -0.2) is 5.66 Å². The van der Waals surface area contributed by atoms with Crippen molar-refractivity contribution >= 4 is 5.69 Å². The fourth-order valence-electron chi connectivity index (χ4n) is 1.90. The number of nitrogens with two attached hydrogens (primary N) is 4. The lowest BCUT2D eigenvalue weighted by Gasteiger charge is -2.32. The Morgan fingerprint density at radius 2 is 1.62 bits per heavy atom. The maximum atomic E-state index is 6.02. The van der Waals surface area contributed by atoms with E-state index < -0.39 is 5.66 Å². The molecule has 1 aromatic rings. The van der Waals surface area contributed by atoms with Gasteiger partial charge in [0, 0.05) is 17.3 Å². The van der Waals surface area contributed by atoms with Crippen LogP contribution in [0.4, 0.5) is 5.69 Å². The highest BCUT2D eigenvalue weighted by Crippen LogP contribution is 2.29. The molecule has 0 amide bonds. The minimum absolute atomic E-state index is 0.0830. The van der Waals surface area contributed by atoms with Crippen molar-refractivity contribution in [2.75, 3.05) is 5.73 Å². The van der Waals surface area contributed by atoms with Crippen LogP contribution in [0.2, 0.25) is 0 Å². The van der Waals surface area contributed by atoms with E-state index >= 15 is 0 Å². The monoisotopic (exact) mass is 216 g/mol. The fourth-order valence-corrected chi connectivity index (χ4v) is 1.90. The van der Waals surface area contributed by atoms with Gasteiger partial charge in [0.2, 0.25) is 0 Å². The summed E-state index contributed by atoms with van der Waals surface area (Å²) in [6.45, 7) is 0. The van der Waals surface area contributed by atoms with E-state index in [0.717, 1.165) is 11.3 Å². The molecule has 0 saturated carbocycles. The first kappa shape index (κ1) is 10.7. The van der Waals surface area contributed by atoms with Crippen LogP contribution in [0.25, 0.3) is 0 Å². The third-order valence-corrected chi connectivity index (χ3v) is 2.73. The maximum absolute atomic E-state index is 6.02. The number of anilines is 1. The summed E-state index contributed by atoms with van der Waals surface area (Å²) in [6, 6.07) is 7.52. The average Bonchev–Trinajstić information content (AvgIpc) is 2.18. The predicted octanol–water partition coefficient (Wildman–Crippen LogP) is 0.379. The van der Waals surface area contributed by atoms with Gasteiger partial charge >= 0.3 is 0 Å². The van der Waals surface area contributed by atoms with E-state index in [1.807, 2.05) is 36.4 Å². The van der Waals surface area contributed by atoms with Crippen LogP contribution in [-0.2, 0) is 0 Å². The van der Waals surface area contributed by atoms with Crippen LogP contribution in [0.5, 0.6) is 0 Å². The van der Waals surface area contributed by atoms with E-state index in [1.165, 1.54) is 0 Å². The lowest BCUT2D eigenvalue weighted by atomic mass is 9.83. The summed E-state index contributed by atoms with van der Waals surface area (Å²) >= 11 is 0. The highest BCUT2D eigenvalue weighted by molar-refractivity contribution is 5.44. The third kappa shape index (κ3) is 1.93. The van der Waals surface area contributed by atoms with Gasteiger partial charge in [-0.25, -0.2) is 0 Å². The van der Waals surface area contributed by atoms with Gasteiger partial charge in [-0.1, -0.05) is 18.2 Å². The second-order valence-corrected chi connectivity index (χ2v) is 4.15. The van der Waals surface area contributed by atoms with Crippen LogP contribution in [0, 0.1) is 0 Å². The van der Waals surface area contributed by atoms with E-state index in [9.17, 15) is 0 Å². The molecule has 16 heavy (non-hydrogen) atoms. The first-order chi connectivity index (χ1) is 7.49. The van der Waals surface area contributed by atoms with E-state index in [2.05, 4.69) is 0 Å². The smallest absolute Gasteiger partial charge is 0.0957 e. The van der Waals surface area contributed by atoms with Crippen molar-refractivity contribution in [1.29, 1.82) is 0 Å². The summed E-state index contributed by atoms with van der Waals surface area (Å²) in [4.78, 5) is 0. The fraction of sp³-hybridized carbons (Fsp3) is 0.167. The van der Waals surface area contributed by atoms with Crippen molar-refractivity contribution < 1.29 is 0 Å². The average molecular weight is 216 g/mol. The Labute approximate surface area is 94.6 Å². The molecule has 0 bridgehead atoms. The van der Waals surface area contributed by atoms with Gasteiger partial charge in [0.1, 0.15) is 0 Å². The summed E-state index contributed by atoms with van der Waals surface area (Å²) in [5.74, 6) is -0.0830. The van der Waals surface area contributed by atoms with Crippen LogP contribution < -0.4 is 22.9 Å². The minimum Gasteiger partial charge on any atom is -0.399 e. The zero-order valence-electron chi connectivity index (χ0n) is 8.93. The van der Waals surface area contributed by atoms with Crippen LogP contribution in [0.1, 0.15) is 11.5 Å². The maximum Gasteiger partial charge on any atom is 0.0957 e. The molecule has 84 valence electrons. The molecule has 0 aromatic heterocycles. The molecule has 0 fully saturated rings. The molecule has 0 radical (unpaired) electrons. The molecular weight excluding hydrogens is 200 g/mol. The Kier molecular flexibility index (Phi) is 2.46. The van der Waals surface area contributed by atoms with E-state index in [1.54, 1.807) is 6.08 Å². The largest absolute Gasteiger partial charge is 0.399 e. The molecule has 1 unspecified atom stereocenters. The Balaban J connectivity index is 2.36. The first-order valence-corrected chi connectivity index (χ1v) is 5.09. The molecular formula is C12H16N4. The van der Waals surface area contributed by atoms with Crippen molar-refractivity contribution in [3.63, 3.8) is 0 Å². The number of allylic oxidation sites excluding steroid dienone is 1. The van der Waals surface area contributed by atoms with Gasteiger partial charge in [-0.3, -0.25) is 0 Å². The number of benzene rings is 1. The Morgan fingerprint density at radius 1 is 1.00 bits per heavy atom. The Morgan fingerprint density at radius 3 is 2.19 bits per heavy atom. The molecule has 4 heteroatoms. The first-order valence-electron chi connectivity index (χ1n) is 5.09. The minimum atomic E-state index is -0.949. The SMILES string of the molecule is NC1=CC(N)(N)C(c2ccc(N)cc2)C=C1. The second kappa shape index (κ2) is 3.66. The van der Waals surface area contributed by atoms with Crippen molar-refractivity contribution in [2.45, 2.75) is 11.6 Å². The number of nitrogen functional groups attached to an aromatic ring is 1. The highest BCUT2D eigenvalue weighted by atomic mass is 15.0. The van der Waals surface area contributed by atoms with Crippen molar-refractivity contribution in [3.05, 3.63) is 53.8 Å². The molecule has 0 aliphatic heterocycles. The van der Waals surface area contributed by atoms with Crippen molar-refractivity contribution in [2.24, 2.45) is 17.2 Å². The molecule has 1 aliphatic rings. The molecule has 8 N–H and O–H groups in total. The van der Waals surface area contributed by atoms with E-state index in [4.69, 9.17) is 22.9 Å². The Bertz CT molecular complexity index is 443. The van der Waals surface area contributed by atoms with Crippen LogP contribution in [0.15, 0.2) is 48.2 Å².